The quantitative estimate of drug-likeness (QED) is 0.791. The normalized spacial score (nSPS) is 11.5. The molecule has 1 N–H and O–H groups in total. The molecule has 2 rings (SSSR count). The Hall–Kier alpha value is -1.13. The molecule has 0 spiro atoms. The van der Waals surface area contributed by atoms with Crippen LogP contribution in [0.15, 0.2) is 32.3 Å². The average Bonchev–Trinajstić information content (AvgIpc) is 2.68. The summed E-state index contributed by atoms with van der Waals surface area (Å²) in [5.74, 6) is 0. The van der Waals surface area contributed by atoms with Crippen molar-refractivity contribution >= 4 is 53.3 Å². The van der Waals surface area contributed by atoms with Crippen LogP contribution in [0.2, 0.25) is 0 Å². The monoisotopic (exact) mass is 437 g/mol. The molecule has 0 saturated carbocycles. The van der Waals surface area contributed by atoms with Crippen LogP contribution in [0.25, 0.3) is 0 Å². The van der Waals surface area contributed by atoms with E-state index in [9.17, 15) is 8.42 Å². The van der Waals surface area contributed by atoms with E-state index in [0.29, 0.717) is 5.69 Å². The van der Waals surface area contributed by atoms with Crippen molar-refractivity contribution in [2.24, 2.45) is 7.05 Å². The molecule has 7 nitrogen and oxygen atoms in total. The highest BCUT2D eigenvalue weighted by Gasteiger charge is 2.25. The predicted molar refractivity (Wildman–Crippen MR) is 88.0 cm³/mol. The van der Waals surface area contributed by atoms with Crippen molar-refractivity contribution in [1.82, 2.24) is 15.0 Å². The van der Waals surface area contributed by atoms with Gasteiger partial charge in [0.05, 0.1) is 11.4 Å². The van der Waals surface area contributed by atoms with Gasteiger partial charge in [-0.2, -0.15) is 8.42 Å². The second-order valence-corrected chi connectivity index (χ2v) is 7.73. The van der Waals surface area contributed by atoms with Crippen molar-refractivity contribution in [3.63, 3.8) is 0 Å². The van der Waals surface area contributed by atoms with Crippen molar-refractivity contribution in [3.05, 3.63) is 27.3 Å². The summed E-state index contributed by atoms with van der Waals surface area (Å²) in [7, 11) is 1.38. The van der Waals surface area contributed by atoms with Gasteiger partial charge in [0.25, 0.3) is 10.0 Å². The lowest BCUT2D eigenvalue weighted by molar-refractivity contribution is 0.578. The lowest BCUT2D eigenvalue weighted by Gasteiger charge is -2.18. The molecule has 0 radical (unpaired) electrons. The molecule has 0 aliphatic rings. The molecule has 0 fully saturated rings. The molecular formula is C11H13Br2N5O2S. The highest BCUT2D eigenvalue weighted by atomic mass is 79.9. The van der Waals surface area contributed by atoms with Crippen LogP contribution < -0.4 is 9.62 Å². The largest absolute Gasteiger partial charge is 0.376 e. The first-order chi connectivity index (χ1) is 9.72. The van der Waals surface area contributed by atoms with Crippen molar-refractivity contribution in [1.29, 1.82) is 0 Å². The van der Waals surface area contributed by atoms with Crippen LogP contribution >= 0.6 is 31.9 Å². The second kappa shape index (κ2) is 5.93. The summed E-state index contributed by atoms with van der Waals surface area (Å²) >= 11 is 6.43. The summed E-state index contributed by atoms with van der Waals surface area (Å²) in [4.78, 5) is 1.82. The minimum Gasteiger partial charge on any atom is -0.376 e. The molecule has 1 aromatic carbocycles. The Bertz CT molecular complexity index is 753. The molecule has 1 heterocycles. The van der Waals surface area contributed by atoms with Gasteiger partial charge < -0.3 is 4.90 Å². The van der Waals surface area contributed by atoms with Gasteiger partial charge in [-0.15, -0.1) is 5.10 Å². The third-order valence-corrected chi connectivity index (χ3v) is 5.42. The molecule has 2 aromatic rings. The summed E-state index contributed by atoms with van der Waals surface area (Å²) in [6, 6.07) is 5.36. The van der Waals surface area contributed by atoms with Gasteiger partial charge in [-0.1, -0.05) is 21.1 Å². The van der Waals surface area contributed by atoms with Gasteiger partial charge in [0.2, 0.25) is 5.03 Å². The summed E-state index contributed by atoms with van der Waals surface area (Å²) < 4.78 is 29.7. The van der Waals surface area contributed by atoms with E-state index >= 15 is 0 Å². The third-order valence-electron chi connectivity index (χ3n) is 2.68. The number of aromatic nitrogens is 3. The standard InChI is InChI=1S/C11H13Br2N5O2S/c1-17(2)9-5-4-7(12)6-8(9)15-21(19,20)11-10(13)14-16-18(11)3/h4-6,15H,1-3H3. The molecule has 0 aliphatic carbocycles. The smallest absolute Gasteiger partial charge is 0.281 e. The van der Waals surface area contributed by atoms with Crippen molar-refractivity contribution in [2.45, 2.75) is 5.03 Å². The number of rotatable bonds is 4. The molecule has 21 heavy (non-hydrogen) atoms. The number of anilines is 2. The van der Waals surface area contributed by atoms with E-state index in [4.69, 9.17) is 0 Å². The van der Waals surface area contributed by atoms with E-state index in [1.54, 1.807) is 6.07 Å². The molecular weight excluding hydrogens is 426 g/mol. The first-order valence-electron chi connectivity index (χ1n) is 5.77. The summed E-state index contributed by atoms with van der Waals surface area (Å²) in [6.07, 6.45) is 0. The van der Waals surface area contributed by atoms with Gasteiger partial charge in [0.15, 0.2) is 4.60 Å². The summed E-state index contributed by atoms with van der Waals surface area (Å²) in [6.45, 7) is 0. The minimum atomic E-state index is -3.81. The Balaban J connectivity index is 2.49. The highest BCUT2D eigenvalue weighted by molar-refractivity contribution is 9.10. The van der Waals surface area contributed by atoms with E-state index < -0.39 is 10.0 Å². The lowest BCUT2D eigenvalue weighted by Crippen LogP contribution is -2.19. The van der Waals surface area contributed by atoms with E-state index in [2.05, 4.69) is 46.9 Å². The minimum absolute atomic E-state index is 0.0350. The van der Waals surface area contributed by atoms with Gasteiger partial charge >= 0.3 is 0 Å². The molecule has 0 bridgehead atoms. The maximum atomic E-state index is 12.5. The Labute approximate surface area is 139 Å². The van der Waals surface area contributed by atoms with Crippen LogP contribution in [0.1, 0.15) is 0 Å². The molecule has 0 aliphatic heterocycles. The van der Waals surface area contributed by atoms with Crippen LogP contribution in [0.5, 0.6) is 0 Å². The van der Waals surface area contributed by atoms with Crippen LogP contribution in [-0.4, -0.2) is 37.5 Å². The molecule has 0 unspecified atom stereocenters. The Kier molecular flexibility index (Phi) is 4.59. The number of nitrogens with one attached hydrogen (secondary N) is 1. The Morgan fingerprint density at radius 3 is 2.48 bits per heavy atom. The first-order valence-corrected chi connectivity index (χ1v) is 8.84. The zero-order valence-electron chi connectivity index (χ0n) is 11.5. The van der Waals surface area contributed by atoms with Crippen molar-refractivity contribution in [3.8, 4) is 0 Å². The molecule has 0 saturated heterocycles. The molecule has 0 atom stereocenters. The van der Waals surface area contributed by atoms with Crippen LogP contribution in [0, 0.1) is 0 Å². The Morgan fingerprint density at radius 1 is 1.29 bits per heavy atom. The number of hydrogen-bond donors (Lipinski definition) is 1. The number of hydrogen-bond acceptors (Lipinski definition) is 5. The van der Waals surface area contributed by atoms with Crippen LogP contribution in [0.3, 0.4) is 0 Å². The summed E-state index contributed by atoms with van der Waals surface area (Å²) in [5, 5.41) is 7.34. The lowest BCUT2D eigenvalue weighted by atomic mass is 10.2. The molecule has 0 amide bonds. The zero-order valence-corrected chi connectivity index (χ0v) is 15.5. The fourth-order valence-electron chi connectivity index (χ4n) is 1.78. The number of benzene rings is 1. The van der Waals surface area contributed by atoms with Crippen molar-refractivity contribution < 1.29 is 8.42 Å². The van der Waals surface area contributed by atoms with E-state index in [1.807, 2.05) is 31.1 Å². The number of halogens is 2. The SMILES string of the molecule is CN(C)c1ccc(Br)cc1NS(=O)(=O)c1c(Br)nnn1C. The van der Waals surface area contributed by atoms with E-state index in [-0.39, 0.29) is 9.63 Å². The van der Waals surface area contributed by atoms with E-state index in [1.165, 1.54) is 11.7 Å². The van der Waals surface area contributed by atoms with Crippen LogP contribution in [-0.2, 0) is 17.1 Å². The first kappa shape index (κ1) is 16.2. The molecule has 114 valence electrons. The van der Waals surface area contributed by atoms with Crippen molar-refractivity contribution in [2.75, 3.05) is 23.7 Å². The number of nitrogens with zero attached hydrogens (tertiary/aromatic N) is 4. The van der Waals surface area contributed by atoms with Gasteiger partial charge in [-0.05, 0) is 34.1 Å². The molecule has 1 aromatic heterocycles. The maximum Gasteiger partial charge on any atom is 0.281 e. The van der Waals surface area contributed by atoms with Gasteiger partial charge in [0.1, 0.15) is 0 Å². The zero-order chi connectivity index (χ0) is 15.8. The Morgan fingerprint density at radius 2 is 1.95 bits per heavy atom. The summed E-state index contributed by atoms with van der Waals surface area (Å²) in [5.41, 5.74) is 1.20. The maximum absolute atomic E-state index is 12.5. The fourth-order valence-corrected chi connectivity index (χ4v) is 4.31. The average molecular weight is 439 g/mol. The third kappa shape index (κ3) is 3.38. The molecule has 10 heteroatoms. The van der Waals surface area contributed by atoms with Crippen LogP contribution in [0.4, 0.5) is 11.4 Å². The van der Waals surface area contributed by atoms with Gasteiger partial charge in [-0.25, -0.2) is 4.68 Å². The topological polar surface area (TPSA) is 80.1 Å². The van der Waals surface area contributed by atoms with E-state index in [0.717, 1.165) is 10.2 Å². The second-order valence-electron chi connectivity index (χ2n) is 4.47. The highest BCUT2D eigenvalue weighted by Crippen LogP contribution is 2.30. The van der Waals surface area contributed by atoms with Gasteiger partial charge in [0, 0.05) is 25.6 Å². The van der Waals surface area contributed by atoms with Gasteiger partial charge in [-0.3, -0.25) is 4.72 Å². The predicted octanol–water partition coefficient (Wildman–Crippen LogP) is 2.21. The number of aryl methyl sites for hydroxylation is 1. The number of sulfonamides is 1. The fraction of sp³-hybridized carbons (Fsp3) is 0.273.